The smallest absolute Gasteiger partial charge is 0.162 e. The third-order valence-corrected chi connectivity index (χ3v) is 7.43. The highest BCUT2D eigenvalue weighted by Crippen LogP contribution is 2.49. The van der Waals surface area contributed by atoms with E-state index in [0.717, 1.165) is 46.1 Å². The number of hydrogen-bond donors (Lipinski definition) is 1. The number of pyridine rings is 1. The van der Waals surface area contributed by atoms with Gasteiger partial charge in [-0.1, -0.05) is 30.3 Å². The molecule has 2 aliphatic rings. The molecule has 0 spiro atoms. The number of carbonyl (C=O) groups is 1. The number of allylic oxidation sites excluding steroid dienone is 2. The maximum Gasteiger partial charge on any atom is 0.162 e. The molecule has 1 aliphatic carbocycles. The van der Waals surface area contributed by atoms with Crippen LogP contribution >= 0.6 is 11.3 Å². The van der Waals surface area contributed by atoms with Gasteiger partial charge in [-0.05, 0) is 49.1 Å². The SMILES string of the molecule is Cc1nn(-c2ccccc2)c2c1C(c1ccccn1)C1=C(CC(c3cccs3)CC1=O)N2. The van der Waals surface area contributed by atoms with Gasteiger partial charge < -0.3 is 5.32 Å². The van der Waals surface area contributed by atoms with Gasteiger partial charge in [0.1, 0.15) is 5.82 Å². The Morgan fingerprint density at radius 1 is 1.03 bits per heavy atom. The number of rotatable bonds is 3. The number of benzene rings is 1. The molecule has 0 saturated heterocycles. The number of para-hydroxylation sites is 1. The van der Waals surface area contributed by atoms with Gasteiger partial charge in [-0.2, -0.15) is 5.10 Å². The number of fused-ring (bicyclic) bond motifs is 1. The van der Waals surface area contributed by atoms with Crippen LogP contribution in [0.5, 0.6) is 0 Å². The van der Waals surface area contributed by atoms with E-state index in [1.165, 1.54) is 4.88 Å². The van der Waals surface area contributed by atoms with Gasteiger partial charge >= 0.3 is 0 Å². The summed E-state index contributed by atoms with van der Waals surface area (Å²) in [5.41, 5.74) is 5.67. The van der Waals surface area contributed by atoms with Crippen LogP contribution in [0.2, 0.25) is 0 Å². The van der Waals surface area contributed by atoms with Gasteiger partial charge in [0.2, 0.25) is 0 Å². The number of aromatic nitrogens is 3. The molecule has 0 radical (unpaired) electrons. The minimum atomic E-state index is -0.211. The third-order valence-electron chi connectivity index (χ3n) is 6.39. The number of nitrogens with zero attached hydrogens (tertiary/aromatic N) is 3. The van der Waals surface area contributed by atoms with Crippen molar-refractivity contribution in [3.8, 4) is 5.69 Å². The summed E-state index contributed by atoms with van der Waals surface area (Å²) in [6, 6.07) is 20.2. The molecule has 6 heteroatoms. The standard InChI is InChI=1S/C26H22N4OS/c1-16-23-25(19-10-5-6-12-27-19)24-20(14-17(15-21(24)31)22-11-7-13-32-22)28-26(23)30(29-16)18-8-3-2-4-9-18/h2-13,17,25,28H,14-15H2,1H3. The zero-order valence-electron chi connectivity index (χ0n) is 17.7. The number of ketones is 1. The van der Waals surface area contributed by atoms with Crippen molar-refractivity contribution < 1.29 is 4.79 Å². The van der Waals surface area contributed by atoms with Crippen molar-refractivity contribution in [2.24, 2.45) is 0 Å². The first-order chi connectivity index (χ1) is 15.7. The fourth-order valence-corrected chi connectivity index (χ4v) is 5.83. The first kappa shape index (κ1) is 19.2. The van der Waals surface area contributed by atoms with Crippen LogP contribution in [0.4, 0.5) is 5.82 Å². The first-order valence-electron chi connectivity index (χ1n) is 10.8. The molecule has 0 fully saturated rings. The topological polar surface area (TPSA) is 59.8 Å². The maximum atomic E-state index is 13.6. The molecular weight excluding hydrogens is 416 g/mol. The van der Waals surface area contributed by atoms with E-state index in [4.69, 9.17) is 5.10 Å². The first-order valence-corrected chi connectivity index (χ1v) is 11.7. The van der Waals surface area contributed by atoms with Crippen LogP contribution in [0, 0.1) is 6.92 Å². The van der Waals surface area contributed by atoms with Crippen molar-refractivity contribution in [1.82, 2.24) is 14.8 Å². The van der Waals surface area contributed by atoms with Crippen molar-refractivity contribution in [2.75, 3.05) is 5.32 Å². The van der Waals surface area contributed by atoms with Crippen molar-refractivity contribution in [3.63, 3.8) is 0 Å². The number of hydrogen-bond acceptors (Lipinski definition) is 5. The molecule has 5 nitrogen and oxygen atoms in total. The molecule has 1 N–H and O–H groups in total. The van der Waals surface area contributed by atoms with Gasteiger partial charge in [0, 0.05) is 40.2 Å². The molecule has 32 heavy (non-hydrogen) atoms. The summed E-state index contributed by atoms with van der Waals surface area (Å²) in [6.07, 6.45) is 3.14. The summed E-state index contributed by atoms with van der Waals surface area (Å²) in [5.74, 6) is 1.12. The van der Waals surface area contributed by atoms with Crippen molar-refractivity contribution >= 4 is 22.9 Å². The average molecular weight is 439 g/mol. The van der Waals surface area contributed by atoms with E-state index in [1.54, 1.807) is 17.5 Å². The van der Waals surface area contributed by atoms with Crippen LogP contribution in [0.1, 0.15) is 46.5 Å². The Morgan fingerprint density at radius 2 is 1.88 bits per heavy atom. The number of Topliss-reactive ketones (excluding diaryl/α,β-unsaturated/α-hetero) is 1. The second-order valence-corrected chi connectivity index (χ2v) is 9.32. The van der Waals surface area contributed by atoms with Crippen LogP contribution < -0.4 is 5.32 Å². The molecule has 4 aromatic rings. The van der Waals surface area contributed by atoms with E-state index < -0.39 is 0 Å². The third kappa shape index (κ3) is 3.02. The Balaban J connectivity index is 1.54. The molecule has 2 atom stereocenters. The van der Waals surface area contributed by atoms with Gasteiger partial charge in [-0.3, -0.25) is 9.78 Å². The van der Waals surface area contributed by atoms with Crippen LogP contribution in [-0.2, 0) is 4.79 Å². The molecule has 3 aromatic heterocycles. The highest BCUT2D eigenvalue weighted by Gasteiger charge is 2.41. The van der Waals surface area contributed by atoms with Gasteiger partial charge in [-0.25, -0.2) is 4.68 Å². The summed E-state index contributed by atoms with van der Waals surface area (Å²) in [4.78, 5) is 19.5. The Morgan fingerprint density at radius 3 is 2.62 bits per heavy atom. The number of nitrogens with one attached hydrogen (secondary N) is 1. The molecular formula is C26H22N4OS. The lowest BCUT2D eigenvalue weighted by Gasteiger charge is -2.35. The monoisotopic (exact) mass is 438 g/mol. The predicted molar refractivity (Wildman–Crippen MR) is 126 cm³/mol. The maximum absolute atomic E-state index is 13.6. The van der Waals surface area contributed by atoms with E-state index in [-0.39, 0.29) is 17.6 Å². The highest BCUT2D eigenvalue weighted by molar-refractivity contribution is 7.10. The van der Waals surface area contributed by atoms with Crippen LogP contribution in [0.25, 0.3) is 5.69 Å². The van der Waals surface area contributed by atoms with Gasteiger partial charge in [0.05, 0.1) is 23.0 Å². The lowest BCUT2D eigenvalue weighted by Crippen LogP contribution is -2.30. The highest BCUT2D eigenvalue weighted by atomic mass is 32.1. The molecule has 2 unspecified atom stereocenters. The number of carbonyl (C=O) groups excluding carboxylic acids is 1. The molecule has 0 amide bonds. The van der Waals surface area contributed by atoms with Crippen LogP contribution in [0.15, 0.2) is 83.5 Å². The number of anilines is 1. The average Bonchev–Trinajstić information content (AvgIpc) is 3.48. The second kappa shape index (κ2) is 7.57. The van der Waals surface area contributed by atoms with Crippen LogP contribution in [-0.4, -0.2) is 20.5 Å². The molecule has 0 saturated carbocycles. The Kier molecular flexibility index (Phi) is 4.54. The molecule has 1 aromatic carbocycles. The number of aryl methyl sites for hydroxylation is 1. The largest absolute Gasteiger partial charge is 0.343 e. The van der Waals surface area contributed by atoms with Crippen molar-refractivity contribution in [1.29, 1.82) is 0 Å². The number of thiophene rings is 1. The summed E-state index contributed by atoms with van der Waals surface area (Å²) in [5, 5.41) is 10.6. The van der Waals surface area contributed by atoms with E-state index in [9.17, 15) is 4.79 Å². The fourth-order valence-electron chi connectivity index (χ4n) is 5.00. The molecule has 4 heterocycles. The summed E-state index contributed by atoms with van der Waals surface area (Å²) in [7, 11) is 0. The Hall–Kier alpha value is -3.51. The van der Waals surface area contributed by atoms with E-state index in [1.807, 2.05) is 48.0 Å². The molecule has 0 bridgehead atoms. The lowest BCUT2D eigenvalue weighted by molar-refractivity contribution is -0.116. The summed E-state index contributed by atoms with van der Waals surface area (Å²) < 4.78 is 1.96. The zero-order chi connectivity index (χ0) is 21.7. The van der Waals surface area contributed by atoms with E-state index in [0.29, 0.717) is 6.42 Å². The quantitative estimate of drug-likeness (QED) is 0.453. The van der Waals surface area contributed by atoms with Crippen LogP contribution in [0.3, 0.4) is 0 Å². The van der Waals surface area contributed by atoms with Crippen molar-refractivity contribution in [3.05, 3.63) is 105 Å². The molecule has 158 valence electrons. The predicted octanol–water partition coefficient (Wildman–Crippen LogP) is 5.60. The molecule has 6 rings (SSSR count). The van der Waals surface area contributed by atoms with E-state index >= 15 is 0 Å². The van der Waals surface area contributed by atoms with Gasteiger partial charge in [-0.15, -0.1) is 11.3 Å². The second-order valence-electron chi connectivity index (χ2n) is 8.34. The minimum Gasteiger partial charge on any atom is -0.343 e. The van der Waals surface area contributed by atoms with E-state index in [2.05, 4.69) is 39.9 Å². The van der Waals surface area contributed by atoms with Gasteiger partial charge in [0.15, 0.2) is 5.78 Å². The van der Waals surface area contributed by atoms with Crippen molar-refractivity contribution in [2.45, 2.75) is 31.6 Å². The molecule has 1 aliphatic heterocycles. The normalized spacial score (nSPS) is 20.0. The fraction of sp³-hybridized carbons (Fsp3) is 0.192. The zero-order valence-corrected chi connectivity index (χ0v) is 18.5. The Labute approximate surface area is 190 Å². The Bertz CT molecular complexity index is 1320. The lowest BCUT2D eigenvalue weighted by atomic mass is 9.74. The van der Waals surface area contributed by atoms with Gasteiger partial charge in [0.25, 0.3) is 0 Å². The minimum absolute atomic E-state index is 0.199. The summed E-state index contributed by atoms with van der Waals surface area (Å²) >= 11 is 1.73. The summed E-state index contributed by atoms with van der Waals surface area (Å²) in [6.45, 7) is 2.02.